The van der Waals surface area contributed by atoms with Gasteiger partial charge in [-0.15, -0.1) is 11.8 Å². The number of rotatable bonds is 6. The van der Waals surface area contributed by atoms with Crippen LogP contribution in [0.1, 0.15) is 18.4 Å². The van der Waals surface area contributed by atoms with E-state index in [1.165, 1.54) is 45.8 Å². The molecule has 1 aromatic rings. The maximum Gasteiger partial charge on any atom is 0.298 e. The van der Waals surface area contributed by atoms with Crippen molar-refractivity contribution in [2.45, 2.75) is 30.7 Å². The van der Waals surface area contributed by atoms with Crippen LogP contribution in [0.3, 0.4) is 0 Å². The predicted octanol–water partition coefficient (Wildman–Crippen LogP) is 0.604. The fraction of sp³-hybridized carbons (Fsp3) is 0.450. The minimum Gasteiger partial charge on any atom is -0.350 e. The van der Waals surface area contributed by atoms with Crippen LogP contribution in [0.5, 0.6) is 0 Å². The lowest BCUT2D eigenvalue weighted by molar-refractivity contribution is -0.146. The van der Waals surface area contributed by atoms with Crippen LogP contribution >= 0.6 is 11.8 Å². The predicted molar refractivity (Wildman–Crippen MR) is 110 cm³/mol. The molecular weight excluding hydrogens is 411 g/mol. The number of Topliss-reactive ketones (excluding diaryl/α,β-unsaturated/α-hetero) is 1. The summed E-state index contributed by atoms with van der Waals surface area (Å²) in [5.74, 6) is -2.15. The van der Waals surface area contributed by atoms with Crippen LogP contribution in [0.4, 0.5) is 4.39 Å². The molecule has 2 aliphatic rings. The molecule has 3 amide bonds. The minimum absolute atomic E-state index is 0.0653. The van der Waals surface area contributed by atoms with Crippen molar-refractivity contribution in [2.24, 2.45) is 4.99 Å². The molecule has 0 aliphatic carbocycles. The van der Waals surface area contributed by atoms with Crippen molar-refractivity contribution >= 4 is 41.1 Å². The van der Waals surface area contributed by atoms with Crippen molar-refractivity contribution in [1.82, 2.24) is 15.1 Å². The molecule has 1 saturated heterocycles. The van der Waals surface area contributed by atoms with Crippen molar-refractivity contribution in [3.63, 3.8) is 0 Å². The van der Waals surface area contributed by atoms with Gasteiger partial charge >= 0.3 is 0 Å². The van der Waals surface area contributed by atoms with Gasteiger partial charge in [0.25, 0.3) is 17.6 Å². The summed E-state index contributed by atoms with van der Waals surface area (Å²) in [6.07, 6.45) is 1.39. The molecule has 0 aromatic heterocycles. The largest absolute Gasteiger partial charge is 0.350 e. The fourth-order valence-electron chi connectivity index (χ4n) is 3.18. The van der Waals surface area contributed by atoms with E-state index in [2.05, 4.69) is 10.3 Å². The Balaban J connectivity index is 1.73. The molecule has 2 unspecified atom stereocenters. The third kappa shape index (κ3) is 4.86. The monoisotopic (exact) mass is 434 g/mol. The number of nitrogens with zero attached hydrogens (tertiary/aromatic N) is 3. The lowest BCUT2D eigenvalue weighted by Gasteiger charge is -2.37. The highest BCUT2D eigenvalue weighted by Gasteiger charge is 2.44. The SMILES string of the molecule is CN(C)C(=O)CSC1CCCN2C(=O)C(=O)C(C(=O)NCc3ccc(F)cc3)N=C12. The van der Waals surface area contributed by atoms with E-state index in [1.807, 2.05) is 0 Å². The first kappa shape index (κ1) is 21.9. The van der Waals surface area contributed by atoms with Gasteiger partial charge in [-0.3, -0.25) is 24.1 Å². The highest BCUT2D eigenvalue weighted by atomic mass is 32.2. The molecule has 0 radical (unpaired) electrons. The highest BCUT2D eigenvalue weighted by Crippen LogP contribution is 2.28. The Morgan fingerprint density at radius 2 is 1.97 bits per heavy atom. The number of amidine groups is 1. The number of carbonyl (C=O) groups excluding carboxylic acids is 4. The third-order valence-electron chi connectivity index (χ3n) is 4.91. The van der Waals surface area contributed by atoms with Crippen LogP contribution in [0.25, 0.3) is 0 Å². The van der Waals surface area contributed by atoms with E-state index in [4.69, 9.17) is 0 Å². The van der Waals surface area contributed by atoms with Gasteiger partial charge in [-0.25, -0.2) is 9.38 Å². The fourth-order valence-corrected chi connectivity index (χ4v) is 4.45. The van der Waals surface area contributed by atoms with Crippen molar-refractivity contribution < 1.29 is 23.6 Å². The lowest BCUT2D eigenvalue weighted by Crippen LogP contribution is -2.58. The van der Waals surface area contributed by atoms with Gasteiger partial charge in [0.05, 0.1) is 11.0 Å². The topological polar surface area (TPSA) is 99.2 Å². The van der Waals surface area contributed by atoms with Gasteiger partial charge in [-0.2, -0.15) is 0 Å². The van der Waals surface area contributed by atoms with Crippen molar-refractivity contribution in [2.75, 3.05) is 26.4 Å². The summed E-state index contributed by atoms with van der Waals surface area (Å²) in [6.45, 7) is 0.452. The number of aliphatic imine (C=N–C) groups is 1. The standard InChI is InChI=1S/C20H23FN4O4S/c1-24(2)15(26)11-30-14-4-3-9-25-18(14)23-16(17(27)20(25)29)19(28)22-10-12-5-7-13(21)8-6-12/h5-8,14,16H,3-4,9-11H2,1-2H3,(H,22,28). The number of halogens is 1. The molecule has 8 nitrogen and oxygen atoms in total. The Kier molecular flexibility index (Phi) is 6.86. The van der Waals surface area contributed by atoms with E-state index in [0.29, 0.717) is 30.8 Å². The number of carbonyl (C=O) groups is 4. The number of nitrogens with one attached hydrogen (secondary N) is 1. The summed E-state index contributed by atoms with van der Waals surface area (Å²) < 4.78 is 13.0. The highest BCUT2D eigenvalue weighted by molar-refractivity contribution is 8.01. The summed E-state index contributed by atoms with van der Waals surface area (Å²) in [5, 5.41) is 2.34. The number of hydrogen-bond acceptors (Lipinski definition) is 6. The molecule has 0 spiro atoms. The van der Waals surface area contributed by atoms with Crippen LogP contribution in [0.2, 0.25) is 0 Å². The number of hydrogen-bond donors (Lipinski definition) is 1. The number of piperidine rings is 1. The van der Waals surface area contributed by atoms with Crippen LogP contribution < -0.4 is 5.32 Å². The summed E-state index contributed by atoms with van der Waals surface area (Å²) in [4.78, 5) is 56.7. The Hall–Kier alpha value is -2.75. The second kappa shape index (κ2) is 9.38. The lowest BCUT2D eigenvalue weighted by atomic mass is 10.0. The van der Waals surface area contributed by atoms with E-state index < -0.39 is 29.5 Å². The van der Waals surface area contributed by atoms with Gasteiger partial charge in [0.15, 0.2) is 6.04 Å². The average molecular weight is 434 g/mol. The first-order valence-electron chi connectivity index (χ1n) is 9.55. The number of thioether (sulfide) groups is 1. The zero-order valence-corrected chi connectivity index (χ0v) is 17.6. The molecule has 160 valence electrons. The van der Waals surface area contributed by atoms with E-state index >= 15 is 0 Å². The Bertz CT molecular complexity index is 887. The van der Waals surface area contributed by atoms with Crippen molar-refractivity contribution in [3.8, 4) is 0 Å². The van der Waals surface area contributed by atoms with Gasteiger partial charge in [-0.05, 0) is 30.5 Å². The summed E-state index contributed by atoms with van der Waals surface area (Å²) in [6, 6.07) is 4.14. The van der Waals surface area contributed by atoms with Crippen molar-refractivity contribution in [1.29, 1.82) is 0 Å². The van der Waals surface area contributed by atoms with Gasteiger partial charge < -0.3 is 10.2 Å². The molecule has 30 heavy (non-hydrogen) atoms. The maximum absolute atomic E-state index is 13.0. The molecule has 1 N–H and O–H groups in total. The molecule has 2 heterocycles. The molecule has 1 aromatic carbocycles. The number of ketones is 1. The average Bonchev–Trinajstić information content (AvgIpc) is 2.73. The quantitative estimate of drug-likeness (QED) is 0.522. The summed E-state index contributed by atoms with van der Waals surface area (Å²) in [5.41, 5.74) is 0.655. The zero-order valence-electron chi connectivity index (χ0n) is 16.8. The number of amides is 3. The van der Waals surface area contributed by atoms with Crippen LogP contribution in [0, 0.1) is 5.82 Å². The Morgan fingerprint density at radius 3 is 2.63 bits per heavy atom. The van der Waals surface area contributed by atoms with Crippen LogP contribution in [-0.4, -0.2) is 76.8 Å². The molecule has 10 heteroatoms. The van der Waals surface area contributed by atoms with Gasteiger partial charge in [-0.1, -0.05) is 12.1 Å². The maximum atomic E-state index is 13.0. The van der Waals surface area contributed by atoms with E-state index in [1.54, 1.807) is 14.1 Å². The van der Waals surface area contributed by atoms with E-state index in [-0.39, 0.29) is 23.5 Å². The Morgan fingerprint density at radius 1 is 1.27 bits per heavy atom. The van der Waals surface area contributed by atoms with Gasteiger partial charge in [0, 0.05) is 27.2 Å². The first-order chi connectivity index (χ1) is 14.3. The number of benzene rings is 1. The van der Waals surface area contributed by atoms with E-state index in [9.17, 15) is 23.6 Å². The molecular formula is C20H23FN4O4S. The normalized spacial score (nSPS) is 21.0. The molecule has 2 aliphatic heterocycles. The van der Waals surface area contributed by atoms with Gasteiger partial charge in [0.2, 0.25) is 5.91 Å². The summed E-state index contributed by atoms with van der Waals surface area (Å²) >= 11 is 1.35. The van der Waals surface area contributed by atoms with Crippen LogP contribution in [-0.2, 0) is 25.7 Å². The zero-order chi connectivity index (χ0) is 21.8. The molecule has 3 rings (SSSR count). The third-order valence-corrected chi connectivity index (χ3v) is 6.18. The second-order valence-corrected chi connectivity index (χ2v) is 8.48. The molecule has 1 fully saturated rings. The van der Waals surface area contributed by atoms with Crippen molar-refractivity contribution in [3.05, 3.63) is 35.6 Å². The van der Waals surface area contributed by atoms with E-state index in [0.717, 1.165) is 0 Å². The summed E-state index contributed by atoms with van der Waals surface area (Å²) in [7, 11) is 3.33. The second-order valence-electron chi connectivity index (χ2n) is 7.29. The van der Waals surface area contributed by atoms with Crippen LogP contribution in [0.15, 0.2) is 29.3 Å². The minimum atomic E-state index is -1.45. The van der Waals surface area contributed by atoms with Gasteiger partial charge in [0.1, 0.15) is 11.7 Å². The first-order valence-corrected chi connectivity index (χ1v) is 10.6. The molecule has 0 bridgehead atoms. The molecule has 2 atom stereocenters. The molecule has 0 saturated carbocycles. The number of fused-ring (bicyclic) bond motifs is 1. The Labute approximate surface area is 177 Å². The smallest absolute Gasteiger partial charge is 0.298 e.